The quantitative estimate of drug-likeness (QED) is 0.735. The van der Waals surface area contributed by atoms with Gasteiger partial charge >= 0.3 is 0 Å². The van der Waals surface area contributed by atoms with Crippen molar-refractivity contribution in [3.63, 3.8) is 0 Å². The normalized spacial score (nSPS) is 11.3. The van der Waals surface area contributed by atoms with Gasteiger partial charge in [-0.05, 0) is 49.5 Å². The van der Waals surface area contributed by atoms with Crippen LogP contribution < -0.4 is 10.7 Å². The zero-order chi connectivity index (χ0) is 16.1. The number of anilines is 1. The number of para-hydroxylation sites is 1. The van der Waals surface area contributed by atoms with Crippen LogP contribution in [0.3, 0.4) is 0 Å². The molecule has 0 spiro atoms. The van der Waals surface area contributed by atoms with Gasteiger partial charge in [-0.2, -0.15) is 5.10 Å². The van der Waals surface area contributed by atoms with Crippen LogP contribution in [-0.4, -0.2) is 14.9 Å². The lowest BCUT2D eigenvalue weighted by Crippen LogP contribution is -2.14. The highest BCUT2D eigenvalue weighted by atomic mass is 32.1. The number of nitrogens with one attached hydrogen (secondary N) is 1. The molecule has 2 aromatic carbocycles. The standard InChI is InChI=1S/C18H16N4S/c1-14-7-9-15(10-8-14)20-18(23)21-16-11-12-22(19-13-16)17-5-3-2-4-6-17/h2-13H,1H3,(H,20,23). The molecule has 0 atom stereocenters. The average molecular weight is 320 g/mol. The fraction of sp³-hybridized carbons (Fsp3) is 0.0556. The monoisotopic (exact) mass is 320 g/mol. The molecule has 0 aliphatic rings. The molecule has 0 saturated heterocycles. The Morgan fingerprint density at radius 1 is 1.04 bits per heavy atom. The third kappa shape index (κ3) is 4.11. The summed E-state index contributed by atoms with van der Waals surface area (Å²) in [5, 5.41) is 8.57. The van der Waals surface area contributed by atoms with Gasteiger partial charge in [-0.3, -0.25) is 0 Å². The second-order valence-electron chi connectivity index (χ2n) is 5.07. The molecule has 3 rings (SSSR count). The lowest BCUT2D eigenvalue weighted by Gasteiger charge is -2.05. The molecule has 0 bridgehead atoms. The first-order chi connectivity index (χ1) is 11.2. The maximum absolute atomic E-state index is 5.26. The zero-order valence-electron chi connectivity index (χ0n) is 12.7. The van der Waals surface area contributed by atoms with Gasteiger partial charge in [0, 0.05) is 11.9 Å². The maximum Gasteiger partial charge on any atom is 0.197 e. The van der Waals surface area contributed by atoms with E-state index < -0.39 is 0 Å². The van der Waals surface area contributed by atoms with E-state index in [-0.39, 0.29) is 0 Å². The highest BCUT2D eigenvalue weighted by molar-refractivity contribution is 7.80. The van der Waals surface area contributed by atoms with Gasteiger partial charge in [0.1, 0.15) is 0 Å². The van der Waals surface area contributed by atoms with Crippen molar-refractivity contribution < 1.29 is 0 Å². The molecule has 23 heavy (non-hydrogen) atoms. The van der Waals surface area contributed by atoms with Crippen molar-refractivity contribution in [2.45, 2.75) is 6.92 Å². The third-order valence-corrected chi connectivity index (χ3v) is 3.45. The van der Waals surface area contributed by atoms with Crippen LogP contribution in [0.1, 0.15) is 5.56 Å². The van der Waals surface area contributed by atoms with Gasteiger partial charge in [-0.1, -0.05) is 35.9 Å². The predicted molar refractivity (Wildman–Crippen MR) is 96.5 cm³/mol. The van der Waals surface area contributed by atoms with Crippen LogP contribution in [0.2, 0.25) is 0 Å². The maximum atomic E-state index is 5.26. The number of aromatic nitrogens is 2. The Balaban J connectivity index is 1.74. The summed E-state index contributed by atoms with van der Waals surface area (Å²) in [6.45, 7) is 2.05. The fourth-order valence-corrected chi connectivity index (χ4v) is 2.28. The summed E-state index contributed by atoms with van der Waals surface area (Å²) in [5.74, 6) is 0. The summed E-state index contributed by atoms with van der Waals surface area (Å²) >= 11 is 5.26. The Hall–Kier alpha value is -2.79. The Morgan fingerprint density at radius 2 is 1.78 bits per heavy atom. The van der Waals surface area contributed by atoms with E-state index >= 15 is 0 Å². The van der Waals surface area contributed by atoms with E-state index in [0.29, 0.717) is 10.5 Å². The van der Waals surface area contributed by atoms with Crippen LogP contribution in [0.5, 0.6) is 0 Å². The summed E-state index contributed by atoms with van der Waals surface area (Å²) in [4.78, 5) is 4.36. The molecule has 0 radical (unpaired) electrons. The molecule has 114 valence electrons. The van der Waals surface area contributed by atoms with E-state index in [1.54, 1.807) is 10.9 Å². The Kier molecular flexibility index (Phi) is 4.59. The van der Waals surface area contributed by atoms with Gasteiger partial charge in [-0.15, -0.1) is 0 Å². The Labute approximate surface area is 140 Å². The van der Waals surface area contributed by atoms with E-state index in [1.807, 2.05) is 73.8 Å². The minimum Gasteiger partial charge on any atom is -0.331 e. The van der Waals surface area contributed by atoms with E-state index in [1.165, 1.54) is 5.56 Å². The molecule has 0 aliphatic heterocycles. The lowest BCUT2D eigenvalue weighted by molar-refractivity contribution is 0.833. The van der Waals surface area contributed by atoms with E-state index in [0.717, 1.165) is 11.4 Å². The number of aryl methyl sites for hydroxylation is 1. The minimum atomic E-state index is 0.410. The van der Waals surface area contributed by atoms with Crippen molar-refractivity contribution >= 4 is 23.0 Å². The zero-order valence-corrected chi connectivity index (χ0v) is 13.5. The second-order valence-corrected chi connectivity index (χ2v) is 5.46. The van der Waals surface area contributed by atoms with Crippen molar-refractivity contribution in [1.82, 2.24) is 9.78 Å². The van der Waals surface area contributed by atoms with Gasteiger partial charge in [0.15, 0.2) is 5.11 Å². The third-order valence-electron chi connectivity index (χ3n) is 3.26. The summed E-state index contributed by atoms with van der Waals surface area (Å²) in [7, 11) is 0. The van der Waals surface area contributed by atoms with Gasteiger partial charge in [0.05, 0.1) is 17.2 Å². The van der Waals surface area contributed by atoms with Crippen LogP contribution in [0, 0.1) is 6.92 Å². The fourth-order valence-electron chi connectivity index (χ4n) is 2.06. The Morgan fingerprint density at radius 3 is 2.43 bits per heavy atom. The lowest BCUT2D eigenvalue weighted by atomic mass is 10.2. The molecular formula is C18H16N4S. The first-order valence-corrected chi connectivity index (χ1v) is 7.64. The summed E-state index contributed by atoms with van der Waals surface area (Å²) in [6.07, 6.45) is 3.55. The molecule has 0 amide bonds. The molecule has 0 saturated carbocycles. The number of nitrogens with zero attached hydrogens (tertiary/aromatic N) is 3. The summed E-state index contributed by atoms with van der Waals surface area (Å²) < 4.78 is 1.79. The van der Waals surface area contributed by atoms with Crippen LogP contribution in [0.4, 0.5) is 5.69 Å². The molecule has 0 fully saturated rings. The molecule has 0 aliphatic carbocycles. The van der Waals surface area contributed by atoms with Crippen molar-refractivity contribution in [3.8, 4) is 5.69 Å². The van der Waals surface area contributed by atoms with Crippen molar-refractivity contribution in [1.29, 1.82) is 0 Å². The van der Waals surface area contributed by atoms with Crippen molar-refractivity contribution in [3.05, 3.63) is 84.0 Å². The van der Waals surface area contributed by atoms with Gasteiger partial charge in [0.25, 0.3) is 0 Å². The number of thiocarbonyl (C=S) groups is 1. The van der Waals surface area contributed by atoms with Crippen LogP contribution in [0.15, 0.2) is 78.0 Å². The van der Waals surface area contributed by atoms with Crippen LogP contribution in [0.25, 0.3) is 5.69 Å². The largest absolute Gasteiger partial charge is 0.331 e. The van der Waals surface area contributed by atoms with Gasteiger partial charge < -0.3 is 5.32 Å². The molecule has 4 nitrogen and oxygen atoms in total. The summed E-state index contributed by atoms with van der Waals surface area (Å²) in [5.41, 5.74) is 3.13. The number of rotatable bonds is 2. The van der Waals surface area contributed by atoms with Crippen molar-refractivity contribution in [2.24, 2.45) is 4.99 Å². The first kappa shape index (κ1) is 15.1. The molecule has 1 heterocycles. The highest BCUT2D eigenvalue weighted by Crippen LogP contribution is 2.08. The SMILES string of the molecule is Cc1ccc(NC(=S)N=c2ccn(-c3ccccc3)nc2)cc1. The second kappa shape index (κ2) is 6.98. The van der Waals surface area contributed by atoms with E-state index in [4.69, 9.17) is 12.2 Å². The molecular weight excluding hydrogens is 304 g/mol. The Bertz CT molecular complexity index is 847. The smallest absolute Gasteiger partial charge is 0.197 e. The molecule has 1 N–H and O–H groups in total. The summed E-state index contributed by atoms with van der Waals surface area (Å²) in [6, 6.07) is 19.8. The number of hydrogen-bond donors (Lipinski definition) is 1. The highest BCUT2D eigenvalue weighted by Gasteiger charge is 1.96. The topological polar surface area (TPSA) is 42.2 Å². The first-order valence-electron chi connectivity index (χ1n) is 7.23. The molecule has 3 aromatic rings. The average Bonchev–Trinajstić information content (AvgIpc) is 2.58. The number of benzene rings is 2. The van der Waals surface area contributed by atoms with E-state index in [2.05, 4.69) is 15.4 Å². The molecule has 5 heteroatoms. The van der Waals surface area contributed by atoms with Gasteiger partial charge in [0.2, 0.25) is 0 Å². The van der Waals surface area contributed by atoms with Gasteiger partial charge in [-0.25, -0.2) is 9.67 Å². The molecule has 0 unspecified atom stereocenters. The molecule has 1 aromatic heterocycles. The van der Waals surface area contributed by atoms with Crippen LogP contribution >= 0.6 is 12.2 Å². The number of hydrogen-bond acceptors (Lipinski definition) is 2. The minimum absolute atomic E-state index is 0.410. The predicted octanol–water partition coefficient (Wildman–Crippen LogP) is 3.48. The van der Waals surface area contributed by atoms with Crippen molar-refractivity contribution in [2.75, 3.05) is 5.32 Å². The van der Waals surface area contributed by atoms with E-state index in [9.17, 15) is 0 Å². The van der Waals surface area contributed by atoms with Crippen LogP contribution in [-0.2, 0) is 0 Å².